The second-order valence-corrected chi connectivity index (χ2v) is 7.82. The summed E-state index contributed by atoms with van der Waals surface area (Å²) in [6.07, 6.45) is 0.612. The van der Waals surface area contributed by atoms with Crippen LogP contribution in [-0.2, 0) is 16.0 Å². The molecule has 28 heavy (non-hydrogen) atoms. The lowest BCUT2D eigenvalue weighted by Crippen LogP contribution is -2.36. The van der Waals surface area contributed by atoms with Crippen molar-refractivity contribution in [2.45, 2.75) is 20.3 Å². The molecule has 0 saturated carbocycles. The van der Waals surface area contributed by atoms with Crippen molar-refractivity contribution < 1.29 is 9.59 Å². The van der Waals surface area contributed by atoms with E-state index >= 15 is 0 Å². The molecule has 2 amide bonds. The number of amides is 2. The third-order valence-corrected chi connectivity index (χ3v) is 5.75. The molecule has 1 aromatic heterocycles. The fraction of sp³-hybridized carbons (Fsp3) is 0.190. The summed E-state index contributed by atoms with van der Waals surface area (Å²) in [6, 6.07) is 15.0. The highest BCUT2D eigenvalue weighted by molar-refractivity contribution is 7.15. The Morgan fingerprint density at radius 3 is 2.46 bits per heavy atom. The minimum atomic E-state index is -0.741. The Balaban J connectivity index is 1.54. The molecule has 3 aromatic rings. The zero-order valence-electron chi connectivity index (χ0n) is 15.6. The molecular weight excluding hydrogens is 394 g/mol. The number of para-hydroxylation sites is 1. The van der Waals surface area contributed by atoms with Gasteiger partial charge in [-0.05, 0) is 26.0 Å². The molecule has 0 atom stereocenters. The van der Waals surface area contributed by atoms with Gasteiger partial charge in [-0.15, -0.1) is 11.3 Å². The van der Waals surface area contributed by atoms with Crippen molar-refractivity contribution in [3.05, 3.63) is 69.7 Å². The van der Waals surface area contributed by atoms with Gasteiger partial charge in [0, 0.05) is 23.4 Å². The lowest BCUT2D eigenvalue weighted by atomic mass is 10.2. The molecule has 0 saturated heterocycles. The molecule has 7 heteroatoms. The number of halogens is 1. The molecule has 0 radical (unpaired) electrons. The molecule has 0 aliphatic carbocycles. The van der Waals surface area contributed by atoms with Crippen LogP contribution in [0.25, 0.3) is 10.6 Å². The van der Waals surface area contributed by atoms with Crippen LogP contribution in [0, 0.1) is 13.8 Å². The van der Waals surface area contributed by atoms with Crippen molar-refractivity contribution in [3.63, 3.8) is 0 Å². The summed E-state index contributed by atoms with van der Waals surface area (Å²) in [4.78, 5) is 29.7. The van der Waals surface area contributed by atoms with E-state index in [1.807, 2.05) is 13.8 Å². The van der Waals surface area contributed by atoms with Crippen LogP contribution < -0.4 is 10.6 Å². The lowest BCUT2D eigenvalue weighted by molar-refractivity contribution is -0.136. The largest absolute Gasteiger partial charge is 0.347 e. The summed E-state index contributed by atoms with van der Waals surface area (Å²) in [5.74, 6) is -1.43. The molecular formula is C21H20ClN3O2S. The number of anilines is 1. The predicted octanol–water partition coefficient (Wildman–Crippen LogP) is 4.38. The van der Waals surface area contributed by atoms with Gasteiger partial charge >= 0.3 is 11.8 Å². The Morgan fingerprint density at radius 1 is 1.04 bits per heavy atom. The SMILES string of the molecule is Cc1ccc(-c2nc(C)c(CCNC(=O)C(=O)Nc3ccccc3Cl)s2)cc1. The number of benzene rings is 2. The maximum atomic E-state index is 12.0. The van der Waals surface area contributed by atoms with Gasteiger partial charge in [0.2, 0.25) is 0 Å². The van der Waals surface area contributed by atoms with Crippen molar-refractivity contribution >= 4 is 40.4 Å². The fourth-order valence-corrected chi connectivity index (χ4v) is 3.84. The molecule has 2 N–H and O–H groups in total. The number of hydrogen-bond donors (Lipinski definition) is 2. The molecule has 0 aliphatic rings. The first-order valence-corrected chi connectivity index (χ1v) is 10.0. The first-order valence-electron chi connectivity index (χ1n) is 8.81. The van der Waals surface area contributed by atoms with E-state index in [0.29, 0.717) is 23.7 Å². The van der Waals surface area contributed by atoms with Gasteiger partial charge < -0.3 is 10.6 Å². The summed E-state index contributed by atoms with van der Waals surface area (Å²) in [6.45, 7) is 4.35. The van der Waals surface area contributed by atoms with E-state index in [2.05, 4.69) is 39.9 Å². The fourth-order valence-electron chi connectivity index (χ4n) is 2.59. The van der Waals surface area contributed by atoms with Gasteiger partial charge in [0.15, 0.2) is 0 Å². The van der Waals surface area contributed by atoms with E-state index in [1.54, 1.807) is 35.6 Å². The average molecular weight is 414 g/mol. The number of carbonyl (C=O) groups is 2. The van der Waals surface area contributed by atoms with Gasteiger partial charge in [-0.2, -0.15) is 0 Å². The Labute approximate surface area is 172 Å². The van der Waals surface area contributed by atoms with Crippen LogP contribution in [0.4, 0.5) is 5.69 Å². The van der Waals surface area contributed by atoms with Crippen LogP contribution in [-0.4, -0.2) is 23.3 Å². The molecule has 0 fully saturated rings. The zero-order valence-corrected chi connectivity index (χ0v) is 17.2. The number of nitrogens with zero attached hydrogens (tertiary/aromatic N) is 1. The number of nitrogens with one attached hydrogen (secondary N) is 2. The van der Waals surface area contributed by atoms with Crippen molar-refractivity contribution in [2.75, 3.05) is 11.9 Å². The predicted molar refractivity (Wildman–Crippen MR) is 114 cm³/mol. The first kappa shape index (κ1) is 20.0. The van der Waals surface area contributed by atoms with Crippen molar-refractivity contribution in [2.24, 2.45) is 0 Å². The second-order valence-electron chi connectivity index (χ2n) is 6.33. The van der Waals surface area contributed by atoms with E-state index in [0.717, 1.165) is 21.1 Å². The van der Waals surface area contributed by atoms with E-state index in [-0.39, 0.29) is 0 Å². The standard InChI is InChI=1S/C21H20ClN3O2S/c1-13-7-9-15(10-8-13)21-24-14(2)18(28-21)11-12-23-19(26)20(27)25-17-6-4-3-5-16(17)22/h3-10H,11-12H2,1-2H3,(H,23,26)(H,25,27). The van der Waals surface area contributed by atoms with Gasteiger partial charge in [-0.3, -0.25) is 9.59 Å². The third-order valence-electron chi connectivity index (χ3n) is 4.16. The Hall–Kier alpha value is -2.70. The number of thiazole rings is 1. The second kappa shape index (κ2) is 8.99. The number of aryl methyl sites for hydroxylation is 2. The maximum Gasteiger partial charge on any atom is 0.313 e. The monoisotopic (exact) mass is 413 g/mol. The molecule has 1 heterocycles. The van der Waals surface area contributed by atoms with Crippen LogP contribution >= 0.6 is 22.9 Å². The van der Waals surface area contributed by atoms with E-state index in [9.17, 15) is 9.59 Å². The summed E-state index contributed by atoms with van der Waals surface area (Å²) in [5.41, 5.74) is 3.63. The average Bonchev–Trinajstić information content (AvgIpc) is 3.04. The van der Waals surface area contributed by atoms with Crippen LogP contribution in [0.3, 0.4) is 0 Å². The number of hydrogen-bond acceptors (Lipinski definition) is 4. The smallest absolute Gasteiger partial charge is 0.313 e. The van der Waals surface area contributed by atoms with Crippen LogP contribution in [0.1, 0.15) is 16.1 Å². The minimum absolute atomic E-state index is 0.352. The van der Waals surface area contributed by atoms with Gasteiger partial charge in [0.25, 0.3) is 0 Å². The maximum absolute atomic E-state index is 12.0. The Bertz CT molecular complexity index is 999. The first-order chi connectivity index (χ1) is 13.4. The summed E-state index contributed by atoms with van der Waals surface area (Å²) in [5, 5.41) is 6.48. The molecule has 3 rings (SSSR count). The molecule has 0 unspecified atom stereocenters. The van der Waals surface area contributed by atoms with Gasteiger partial charge in [0.1, 0.15) is 5.01 Å². The van der Waals surface area contributed by atoms with Crippen LogP contribution in [0.15, 0.2) is 48.5 Å². The van der Waals surface area contributed by atoms with Gasteiger partial charge in [-0.25, -0.2) is 4.98 Å². The molecule has 2 aromatic carbocycles. The van der Waals surface area contributed by atoms with E-state index in [4.69, 9.17) is 11.6 Å². The highest BCUT2D eigenvalue weighted by atomic mass is 35.5. The number of aromatic nitrogens is 1. The number of rotatable bonds is 5. The van der Waals surface area contributed by atoms with Crippen molar-refractivity contribution in [1.29, 1.82) is 0 Å². The Morgan fingerprint density at radius 2 is 1.75 bits per heavy atom. The number of carbonyl (C=O) groups excluding carboxylic acids is 2. The third kappa shape index (κ3) is 4.97. The molecule has 0 aliphatic heterocycles. The minimum Gasteiger partial charge on any atom is -0.347 e. The van der Waals surface area contributed by atoms with E-state index in [1.165, 1.54) is 5.56 Å². The topological polar surface area (TPSA) is 71.1 Å². The van der Waals surface area contributed by atoms with Crippen molar-refractivity contribution in [3.8, 4) is 10.6 Å². The van der Waals surface area contributed by atoms with Crippen LogP contribution in [0.5, 0.6) is 0 Å². The Kier molecular flexibility index (Phi) is 6.44. The van der Waals surface area contributed by atoms with E-state index < -0.39 is 11.8 Å². The summed E-state index contributed by atoms with van der Waals surface area (Å²) >= 11 is 7.59. The highest BCUT2D eigenvalue weighted by Crippen LogP contribution is 2.28. The van der Waals surface area contributed by atoms with Gasteiger partial charge in [-0.1, -0.05) is 53.6 Å². The molecule has 5 nitrogen and oxygen atoms in total. The van der Waals surface area contributed by atoms with Crippen molar-refractivity contribution in [1.82, 2.24) is 10.3 Å². The molecule has 0 spiro atoms. The van der Waals surface area contributed by atoms with Gasteiger partial charge in [0.05, 0.1) is 16.4 Å². The highest BCUT2D eigenvalue weighted by Gasteiger charge is 2.15. The zero-order chi connectivity index (χ0) is 20.1. The lowest BCUT2D eigenvalue weighted by Gasteiger charge is -2.07. The summed E-state index contributed by atoms with van der Waals surface area (Å²) < 4.78 is 0. The molecule has 0 bridgehead atoms. The molecule has 144 valence electrons. The quantitative estimate of drug-likeness (QED) is 0.610. The van der Waals surface area contributed by atoms with Crippen LogP contribution in [0.2, 0.25) is 5.02 Å². The normalized spacial score (nSPS) is 10.5. The summed E-state index contributed by atoms with van der Waals surface area (Å²) in [7, 11) is 0.